The molecular weight excluding hydrogens is 274 g/mol. The Morgan fingerprint density at radius 1 is 1.25 bits per heavy atom. The summed E-state index contributed by atoms with van der Waals surface area (Å²) in [5.41, 5.74) is 2.59. The predicted molar refractivity (Wildman–Crippen MR) is 79.3 cm³/mol. The van der Waals surface area contributed by atoms with Gasteiger partial charge in [-0.1, -0.05) is 6.07 Å². The van der Waals surface area contributed by atoms with Crippen LogP contribution in [-0.2, 0) is 0 Å². The lowest BCUT2D eigenvalue weighted by molar-refractivity contribution is 0.480. The fraction of sp³-hybridized carbons (Fsp3) is 0.0667. The maximum Gasteiger partial charge on any atom is 0.131 e. The molecule has 5 heteroatoms. The van der Waals surface area contributed by atoms with Gasteiger partial charge in [-0.2, -0.15) is 10.4 Å². The Kier molecular flexibility index (Phi) is 3.92. The number of nitrogens with zero attached hydrogens (tertiary/aromatic N) is 2. The molecule has 0 aliphatic carbocycles. The molecule has 0 fully saturated rings. The van der Waals surface area contributed by atoms with Crippen LogP contribution in [0.25, 0.3) is 10.9 Å². The van der Waals surface area contributed by atoms with Crippen LogP contribution in [0.3, 0.4) is 0 Å². The zero-order valence-electron chi connectivity index (χ0n) is 10.8. The Morgan fingerprint density at radius 3 is 2.90 bits per heavy atom. The van der Waals surface area contributed by atoms with Crippen LogP contribution in [0.1, 0.15) is 11.1 Å². The van der Waals surface area contributed by atoms with Crippen molar-refractivity contribution in [2.45, 2.75) is 6.92 Å². The topological polar surface area (TPSA) is 61.7 Å². The maximum absolute atomic E-state index is 8.88. The minimum atomic E-state index is 0. The van der Waals surface area contributed by atoms with E-state index in [0.29, 0.717) is 11.3 Å². The zero-order chi connectivity index (χ0) is 13.2. The number of nitriles is 1. The van der Waals surface area contributed by atoms with E-state index in [1.54, 1.807) is 24.4 Å². The molecule has 1 N–H and O–H groups in total. The van der Waals surface area contributed by atoms with Crippen molar-refractivity contribution in [2.24, 2.45) is 0 Å². The number of hydrogen-bond donors (Lipinski definition) is 1. The highest BCUT2D eigenvalue weighted by Gasteiger charge is 2.07. The van der Waals surface area contributed by atoms with E-state index in [2.05, 4.69) is 16.3 Å². The summed E-state index contributed by atoms with van der Waals surface area (Å²) < 4.78 is 5.84. The van der Waals surface area contributed by atoms with E-state index in [9.17, 15) is 0 Å². The molecule has 20 heavy (non-hydrogen) atoms. The molecule has 0 aliphatic rings. The molecule has 3 rings (SSSR count). The van der Waals surface area contributed by atoms with Crippen LogP contribution < -0.4 is 4.74 Å². The number of H-pyrrole nitrogens is 1. The molecule has 0 amide bonds. The molecule has 100 valence electrons. The predicted octanol–water partition coefficient (Wildman–Crippen LogP) is 3.96. The fourth-order valence-corrected chi connectivity index (χ4v) is 2.01. The highest BCUT2D eigenvalue weighted by atomic mass is 35.5. The third-order valence-corrected chi connectivity index (χ3v) is 3.03. The highest BCUT2D eigenvalue weighted by molar-refractivity contribution is 5.85. The first-order valence-corrected chi connectivity index (χ1v) is 5.88. The van der Waals surface area contributed by atoms with E-state index < -0.39 is 0 Å². The van der Waals surface area contributed by atoms with Crippen molar-refractivity contribution in [3.8, 4) is 17.6 Å². The monoisotopic (exact) mass is 285 g/mol. The van der Waals surface area contributed by atoms with Crippen LogP contribution in [0.4, 0.5) is 0 Å². The molecular formula is C15H12ClN3O. The molecule has 1 heterocycles. The normalized spacial score (nSPS) is 9.80. The average molecular weight is 286 g/mol. The number of fused-ring (bicyclic) bond motifs is 1. The fourth-order valence-electron chi connectivity index (χ4n) is 2.01. The second-order valence-corrected chi connectivity index (χ2v) is 4.26. The summed E-state index contributed by atoms with van der Waals surface area (Å²) in [7, 11) is 0. The van der Waals surface area contributed by atoms with Crippen molar-refractivity contribution in [3.63, 3.8) is 0 Å². The molecule has 0 spiro atoms. The molecule has 0 saturated carbocycles. The standard InChI is InChI=1S/C15H11N3O.ClH/c1-10-13-9-17-18-14(13)5-6-15(10)19-12-4-2-3-11(7-12)8-16;/h2-7,9H,1H3,(H,17,18);1H. The number of aryl methyl sites for hydroxylation is 1. The number of aromatic amines is 1. The van der Waals surface area contributed by atoms with Gasteiger partial charge in [-0.25, -0.2) is 0 Å². The first-order valence-electron chi connectivity index (χ1n) is 5.88. The van der Waals surface area contributed by atoms with Crippen LogP contribution in [0, 0.1) is 18.3 Å². The van der Waals surface area contributed by atoms with Gasteiger partial charge in [-0.05, 0) is 37.3 Å². The highest BCUT2D eigenvalue weighted by Crippen LogP contribution is 2.30. The molecule has 0 bridgehead atoms. The molecule has 0 atom stereocenters. The van der Waals surface area contributed by atoms with Crippen molar-refractivity contribution < 1.29 is 4.74 Å². The first kappa shape index (κ1) is 13.9. The number of benzene rings is 2. The summed E-state index contributed by atoms with van der Waals surface area (Å²) in [5, 5.41) is 16.8. The summed E-state index contributed by atoms with van der Waals surface area (Å²) in [5.74, 6) is 1.42. The Labute approximate surface area is 122 Å². The third kappa shape index (κ3) is 2.44. The van der Waals surface area contributed by atoms with Gasteiger partial charge in [0.25, 0.3) is 0 Å². The molecule has 0 saturated heterocycles. The van der Waals surface area contributed by atoms with Gasteiger partial charge >= 0.3 is 0 Å². The molecule has 3 aromatic rings. The van der Waals surface area contributed by atoms with Crippen molar-refractivity contribution in [3.05, 3.63) is 53.7 Å². The second kappa shape index (κ2) is 5.64. The number of aromatic nitrogens is 2. The van der Waals surface area contributed by atoms with Crippen molar-refractivity contribution >= 4 is 23.3 Å². The lowest BCUT2D eigenvalue weighted by Gasteiger charge is -2.09. The Morgan fingerprint density at radius 2 is 2.10 bits per heavy atom. The van der Waals surface area contributed by atoms with Crippen LogP contribution in [0.5, 0.6) is 11.5 Å². The molecule has 0 radical (unpaired) electrons. The van der Waals surface area contributed by atoms with Gasteiger partial charge in [0, 0.05) is 10.9 Å². The van der Waals surface area contributed by atoms with Gasteiger partial charge in [0.2, 0.25) is 0 Å². The lowest BCUT2D eigenvalue weighted by atomic mass is 10.1. The molecule has 0 unspecified atom stereocenters. The summed E-state index contributed by atoms with van der Waals surface area (Å²) in [6.07, 6.45) is 1.78. The van der Waals surface area contributed by atoms with Crippen LogP contribution >= 0.6 is 12.4 Å². The van der Waals surface area contributed by atoms with Gasteiger partial charge < -0.3 is 4.74 Å². The second-order valence-electron chi connectivity index (χ2n) is 4.26. The maximum atomic E-state index is 8.88. The van der Waals surface area contributed by atoms with Crippen LogP contribution in [-0.4, -0.2) is 10.2 Å². The summed E-state index contributed by atoms with van der Waals surface area (Å²) in [6.45, 7) is 1.99. The van der Waals surface area contributed by atoms with Gasteiger partial charge in [-0.15, -0.1) is 12.4 Å². The minimum Gasteiger partial charge on any atom is -0.457 e. The third-order valence-electron chi connectivity index (χ3n) is 3.03. The number of nitrogens with one attached hydrogen (secondary N) is 1. The van der Waals surface area contributed by atoms with Gasteiger partial charge in [0.15, 0.2) is 0 Å². The average Bonchev–Trinajstić information content (AvgIpc) is 2.91. The van der Waals surface area contributed by atoms with Gasteiger partial charge in [0.1, 0.15) is 11.5 Å². The molecule has 2 aromatic carbocycles. The number of halogens is 1. The Hall–Kier alpha value is -2.51. The number of rotatable bonds is 2. The smallest absolute Gasteiger partial charge is 0.131 e. The quantitative estimate of drug-likeness (QED) is 0.775. The molecule has 4 nitrogen and oxygen atoms in total. The van der Waals surface area contributed by atoms with E-state index in [0.717, 1.165) is 22.2 Å². The van der Waals surface area contributed by atoms with Crippen molar-refractivity contribution in [1.82, 2.24) is 10.2 Å². The summed E-state index contributed by atoms with van der Waals surface area (Å²) in [6, 6.07) is 13.0. The first-order chi connectivity index (χ1) is 9.28. The number of ether oxygens (including phenoxy) is 1. The van der Waals surface area contributed by atoms with Gasteiger partial charge in [0.05, 0.1) is 23.3 Å². The minimum absolute atomic E-state index is 0. The van der Waals surface area contributed by atoms with E-state index in [-0.39, 0.29) is 12.4 Å². The van der Waals surface area contributed by atoms with Crippen LogP contribution in [0.15, 0.2) is 42.6 Å². The largest absolute Gasteiger partial charge is 0.457 e. The van der Waals surface area contributed by atoms with E-state index >= 15 is 0 Å². The lowest BCUT2D eigenvalue weighted by Crippen LogP contribution is -1.88. The Bertz CT molecular complexity index is 789. The van der Waals surface area contributed by atoms with E-state index in [1.165, 1.54) is 0 Å². The van der Waals surface area contributed by atoms with Gasteiger partial charge in [-0.3, -0.25) is 5.10 Å². The van der Waals surface area contributed by atoms with Crippen molar-refractivity contribution in [1.29, 1.82) is 5.26 Å². The zero-order valence-corrected chi connectivity index (χ0v) is 11.6. The molecule has 0 aliphatic heterocycles. The SMILES string of the molecule is Cc1c(Oc2cccc(C#N)c2)ccc2[nH]ncc12.Cl. The van der Waals surface area contributed by atoms with Crippen molar-refractivity contribution in [2.75, 3.05) is 0 Å². The van der Waals surface area contributed by atoms with Crippen LogP contribution in [0.2, 0.25) is 0 Å². The summed E-state index contributed by atoms with van der Waals surface area (Å²) >= 11 is 0. The van der Waals surface area contributed by atoms with E-state index in [1.807, 2.05) is 25.1 Å². The summed E-state index contributed by atoms with van der Waals surface area (Å²) in [4.78, 5) is 0. The number of hydrogen-bond acceptors (Lipinski definition) is 3. The molecule has 1 aromatic heterocycles. The van der Waals surface area contributed by atoms with E-state index in [4.69, 9.17) is 10.00 Å². The Balaban J connectivity index is 0.00000147.